The molecule has 11 heavy (non-hydrogen) atoms. The predicted molar refractivity (Wildman–Crippen MR) is 42.3 cm³/mol. The summed E-state index contributed by atoms with van der Waals surface area (Å²) in [6, 6.07) is 0. The Balaban J connectivity index is 2.65. The minimum Gasteiger partial charge on any atom is -0.329 e. The van der Waals surface area contributed by atoms with Gasteiger partial charge in [0.15, 0.2) is 0 Å². The van der Waals surface area contributed by atoms with Crippen molar-refractivity contribution in [3.05, 3.63) is 12.0 Å². The van der Waals surface area contributed by atoms with Crippen LogP contribution < -0.4 is 5.32 Å². The molecule has 0 unspecified atom stereocenters. The molecule has 1 heterocycles. The Morgan fingerprint density at radius 3 is 3.00 bits per heavy atom. The number of aromatic amines is 1. The lowest BCUT2D eigenvalue weighted by Gasteiger charge is -1.94. The lowest BCUT2D eigenvalue weighted by atomic mass is 10.5. The van der Waals surface area contributed by atoms with E-state index >= 15 is 0 Å². The largest absolute Gasteiger partial charge is 0.329 e. The van der Waals surface area contributed by atoms with E-state index in [1.807, 2.05) is 6.92 Å². The zero-order valence-electron chi connectivity index (χ0n) is 6.64. The summed E-state index contributed by atoms with van der Waals surface area (Å²) >= 11 is 0. The monoisotopic (exact) mass is 153 g/mol. The molecule has 0 aliphatic rings. The minimum atomic E-state index is -0.0868. The topological polar surface area (TPSA) is 57.8 Å². The molecule has 1 amide bonds. The van der Waals surface area contributed by atoms with Crippen LogP contribution in [-0.2, 0) is 11.2 Å². The Labute approximate surface area is 65.0 Å². The first-order valence-corrected chi connectivity index (χ1v) is 3.54. The lowest BCUT2D eigenvalue weighted by molar-refractivity contribution is -0.114. The summed E-state index contributed by atoms with van der Waals surface area (Å²) in [5.41, 5.74) is 0. The van der Waals surface area contributed by atoms with Crippen LogP contribution in [0.5, 0.6) is 0 Å². The van der Waals surface area contributed by atoms with Crippen molar-refractivity contribution in [2.75, 3.05) is 5.32 Å². The van der Waals surface area contributed by atoms with Crippen molar-refractivity contribution in [1.29, 1.82) is 0 Å². The molecular formula is C7H11N3O. The van der Waals surface area contributed by atoms with Gasteiger partial charge in [-0.15, -0.1) is 0 Å². The van der Waals surface area contributed by atoms with Gasteiger partial charge in [0, 0.05) is 13.3 Å². The van der Waals surface area contributed by atoms with Gasteiger partial charge >= 0.3 is 0 Å². The average Bonchev–Trinajstić information content (AvgIpc) is 2.34. The van der Waals surface area contributed by atoms with Crippen LogP contribution >= 0.6 is 0 Å². The van der Waals surface area contributed by atoms with Crippen molar-refractivity contribution < 1.29 is 4.79 Å². The van der Waals surface area contributed by atoms with Gasteiger partial charge in [0.25, 0.3) is 0 Å². The Morgan fingerprint density at radius 1 is 1.82 bits per heavy atom. The van der Waals surface area contributed by atoms with Crippen LogP contribution in [0.1, 0.15) is 19.7 Å². The molecule has 1 rings (SSSR count). The molecule has 0 aliphatic heterocycles. The fourth-order valence-corrected chi connectivity index (χ4v) is 0.795. The van der Waals surface area contributed by atoms with Gasteiger partial charge in [-0.3, -0.25) is 4.79 Å². The lowest BCUT2D eigenvalue weighted by Crippen LogP contribution is -2.05. The van der Waals surface area contributed by atoms with Crippen molar-refractivity contribution >= 4 is 11.7 Å². The minimum absolute atomic E-state index is 0.0868. The van der Waals surface area contributed by atoms with Crippen LogP contribution in [0.4, 0.5) is 5.82 Å². The second-order valence-electron chi connectivity index (χ2n) is 2.28. The number of nitrogens with one attached hydrogen (secondary N) is 2. The summed E-state index contributed by atoms with van der Waals surface area (Å²) < 4.78 is 0. The van der Waals surface area contributed by atoms with Gasteiger partial charge in [0.2, 0.25) is 5.91 Å². The van der Waals surface area contributed by atoms with Gasteiger partial charge in [-0.2, -0.15) is 0 Å². The zero-order chi connectivity index (χ0) is 8.27. The Morgan fingerprint density at radius 2 is 2.55 bits per heavy atom. The quantitative estimate of drug-likeness (QED) is 0.664. The number of amides is 1. The number of aromatic nitrogens is 2. The molecule has 0 atom stereocenters. The molecule has 2 N–H and O–H groups in total. The highest BCUT2D eigenvalue weighted by atomic mass is 16.1. The molecule has 0 saturated heterocycles. The maximum Gasteiger partial charge on any atom is 0.222 e. The average molecular weight is 153 g/mol. The number of hydrogen-bond acceptors (Lipinski definition) is 2. The van der Waals surface area contributed by atoms with Crippen LogP contribution in [0, 0.1) is 0 Å². The smallest absolute Gasteiger partial charge is 0.222 e. The van der Waals surface area contributed by atoms with E-state index in [1.165, 1.54) is 6.92 Å². The van der Waals surface area contributed by atoms with Gasteiger partial charge in [-0.05, 0) is 0 Å². The normalized spacial score (nSPS) is 9.64. The van der Waals surface area contributed by atoms with E-state index < -0.39 is 0 Å². The van der Waals surface area contributed by atoms with Crippen LogP contribution in [0.3, 0.4) is 0 Å². The molecule has 0 fully saturated rings. The number of nitrogens with zero attached hydrogens (tertiary/aromatic N) is 1. The molecule has 1 aromatic rings. The molecule has 0 spiro atoms. The number of carbonyl (C=O) groups is 1. The van der Waals surface area contributed by atoms with E-state index in [9.17, 15) is 4.79 Å². The zero-order valence-corrected chi connectivity index (χ0v) is 6.64. The SMILES string of the molecule is CCc1ncc(NC(C)=O)[nH]1. The maximum atomic E-state index is 10.6. The molecule has 0 saturated carbocycles. The summed E-state index contributed by atoms with van der Waals surface area (Å²) in [6.07, 6.45) is 2.46. The molecular weight excluding hydrogens is 142 g/mol. The van der Waals surface area contributed by atoms with Gasteiger partial charge in [0.1, 0.15) is 11.6 Å². The highest BCUT2D eigenvalue weighted by Crippen LogP contribution is 2.02. The first-order valence-electron chi connectivity index (χ1n) is 3.54. The van der Waals surface area contributed by atoms with E-state index in [0.717, 1.165) is 12.2 Å². The van der Waals surface area contributed by atoms with E-state index in [2.05, 4.69) is 15.3 Å². The number of rotatable bonds is 2. The highest BCUT2D eigenvalue weighted by Gasteiger charge is 1.98. The van der Waals surface area contributed by atoms with Crippen molar-refractivity contribution in [2.45, 2.75) is 20.3 Å². The van der Waals surface area contributed by atoms with Gasteiger partial charge in [0.05, 0.1) is 6.20 Å². The van der Waals surface area contributed by atoms with Gasteiger partial charge in [-0.1, -0.05) is 6.92 Å². The molecule has 0 aliphatic carbocycles. The highest BCUT2D eigenvalue weighted by molar-refractivity contribution is 5.87. The van der Waals surface area contributed by atoms with Crippen LogP contribution in [0.2, 0.25) is 0 Å². The summed E-state index contributed by atoms with van der Waals surface area (Å²) in [4.78, 5) is 17.5. The van der Waals surface area contributed by atoms with Gasteiger partial charge < -0.3 is 10.3 Å². The summed E-state index contributed by atoms with van der Waals surface area (Å²) in [7, 11) is 0. The van der Waals surface area contributed by atoms with Gasteiger partial charge in [-0.25, -0.2) is 4.98 Å². The summed E-state index contributed by atoms with van der Waals surface area (Å²) in [5, 5.41) is 2.60. The molecule has 1 aromatic heterocycles. The third-order valence-electron chi connectivity index (χ3n) is 1.27. The summed E-state index contributed by atoms with van der Waals surface area (Å²) in [5.74, 6) is 1.46. The molecule has 4 nitrogen and oxygen atoms in total. The Hall–Kier alpha value is -1.32. The third-order valence-corrected chi connectivity index (χ3v) is 1.27. The second-order valence-corrected chi connectivity index (χ2v) is 2.28. The predicted octanol–water partition coefficient (Wildman–Crippen LogP) is 0.930. The van der Waals surface area contributed by atoms with E-state index in [1.54, 1.807) is 6.20 Å². The van der Waals surface area contributed by atoms with Crippen LogP contribution in [-0.4, -0.2) is 15.9 Å². The number of imidazole rings is 1. The standard InChI is InChI=1S/C7H11N3O/c1-3-6-8-4-7(10-6)9-5(2)11/h4H,3H2,1-2H3,(H,8,10)(H,9,11). The van der Waals surface area contributed by atoms with Crippen LogP contribution in [0.15, 0.2) is 6.20 Å². The maximum absolute atomic E-state index is 10.6. The number of carbonyl (C=O) groups excluding carboxylic acids is 1. The number of hydrogen-bond donors (Lipinski definition) is 2. The molecule has 0 radical (unpaired) electrons. The fourth-order valence-electron chi connectivity index (χ4n) is 0.795. The molecule has 4 heteroatoms. The first-order chi connectivity index (χ1) is 5.22. The molecule has 60 valence electrons. The molecule has 0 aromatic carbocycles. The van der Waals surface area contributed by atoms with Crippen molar-refractivity contribution in [2.24, 2.45) is 0 Å². The molecule has 0 bridgehead atoms. The third kappa shape index (κ3) is 2.07. The second kappa shape index (κ2) is 3.18. The summed E-state index contributed by atoms with van der Waals surface area (Å²) in [6.45, 7) is 3.46. The number of aryl methyl sites for hydroxylation is 1. The Kier molecular flexibility index (Phi) is 2.25. The van der Waals surface area contributed by atoms with E-state index in [4.69, 9.17) is 0 Å². The first kappa shape index (κ1) is 7.78. The number of H-pyrrole nitrogens is 1. The Bertz CT molecular complexity index is 254. The van der Waals surface area contributed by atoms with Crippen LogP contribution in [0.25, 0.3) is 0 Å². The van der Waals surface area contributed by atoms with Crippen molar-refractivity contribution in [3.8, 4) is 0 Å². The fraction of sp³-hybridized carbons (Fsp3) is 0.429. The van der Waals surface area contributed by atoms with E-state index in [-0.39, 0.29) is 5.91 Å². The van der Waals surface area contributed by atoms with Crippen molar-refractivity contribution in [3.63, 3.8) is 0 Å². The van der Waals surface area contributed by atoms with Crippen molar-refractivity contribution in [1.82, 2.24) is 9.97 Å². The number of anilines is 1. The van der Waals surface area contributed by atoms with E-state index in [0.29, 0.717) is 5.82 Å².